The molecule has 3 aromatic rings. The van der Waals surface area contributed by atoms with Crippen LogP contribution in [0.4, 0.5) is 5.69 Å². The summed E-state index contributed by atoms with van der Waals surface area (Å²) in [5.41, 5.74) is 5.08. The van der Waals surface area contributed by atoms with Gasteiger partial charge in [0.2, 0.25) is 11.7 Å². The maximum absolute atomic E-state index is 12.3. The summed E-state index contributed by atoms with van der Waals surface area (Å²) in [5.74, 6) is 0.319. The molecule has 1 aliphatic rings. The second-order valence-corrected chi connectivity index (χ2v) is 7.60. The average Bonchev–Trinajstić information content (AvgIpc) is 3.20. The van der Waals surface area contributed by atoms with Crippen LogP contribution in [0.3, 0.4) is 0 Å². The van der Waals surface area contributed by atoms with Gasteiger partial charge in [-0.05, 0) is 36.3 Å². The first-order valence-corrected chi connectivity index (χ1v) is 10.1. The van der Waals surface area contributed by atoms with Gasteiger partial charge in [-0.25, -0.2) is 0 Å². The van der Waals surface area contributed by atoms with E-state index in [-0.39, 0.29) is 12.5 Å². The Morgan fingerprint density at radius 1 is 1.10 bits per heavy atom. The molecule has 30 heavy (non-hydrogen) atoms. The highest BCUT2D eigenvalue weighted by molar-refractivity contribution is 5.91. The van der Waals surface area contributed by atoms with Crippen LogP contribution in [0.25, 0.3) is 11.4 Å². The molecule has 0 saturated carbocycles. The van der Waals surface area contributed by atoms with Gasteiger partial charge in [-0.1, -0.05) is 42.0 Å². The summed E-state index contributed by atoms with van der Waals surface area (Å²) in [5, 5.41) is 15.4. The fourth-order valence-electron chi connectivity index (χ4n) is 3.47. The zero-order valence-electron chi connectivity index (χ0n) is 17.3. The molecule has 1 fully saturated rings. The van der Waals surface area contributed by atoms with Crippen molar-refractivity contribution in [3.63, 3.8) is 0 Å². The second-order valence-electron chi connectivity index (χ2n) is 7.60. The maximum Gasteiger partial charge on any atom is 0.248 e. The lowest BCUT2D eigenvalue weighted by Crippen LogP contribution is -2.35. The van der Waals surface area contributed by atoms with Gasteiger partial charge >= 0.3 is 0 Å². The fraction of sp³-hybridized carbons (Fsp3) is 0.364. The van der Waals surface area contributed by atoms with Gasteiger partial charge in [-0.3, -0.25) is 9.69 Å². The summed E-state index contributed by atoms with van der Waals surface area (Å²) in [7, 11) is 0. The van der Waals surface area contributed by atoms with Crippen molar-refractivity contribution in [2.24, 2.45) is 0 Å². The Kier molecular flexibility index (Phi) is 6.15. The third-order valence-corrected chi connectivity index (χ3v) is 5.12. The summed E-state index contributed by atoms with van der Waals surface area (Å²) < 4.78 is 5.39. The van der Waals surface area contributed by atoms with Crippen LogP contribution in [0.5, 0.6) is 0 Å². The van der Waals surface area contributed by atoms with E-state index in [0.717, 1.165) is 55.2 Å². The first-order valence-electron chi connectivity index (χ1n) is 10.1. The molecule has 2 heterocycles. The number of morpholine rings is 1. The summed E-state index contributed by atoms with van der Waals surface area (Å²) in [6, 6.07) is 14.1. The van der Waals surface area contributed by atoms with E-state index in [2.05, 4.69) is 37.8 Å². The van der Waals surface area contributed by atoms with Crippen molar-refractivity contribution in [2.45, 2.75) is 26.9 Å². The molecule has 1 aliphatic heterocycles. The molecule has 156 valence electrons. The van der Waals surface area contributed by atoms with E-state index >= 15 is 0 Å². The highest BCUT2D eigenvalue weighted by Crippen LogP contribution is 2.17. The zero-order chi connectivity index (χ0) is 20.9. The average molecular weight is 406 g/mol. The van der Waals surface area contributed by atoms with Gasteiger partial charge in [0, 0.05) is 30.9 Å². The number of nitrogens with one attached hydrogen (secondary N) is 1. The molecule has 8 heteroatoms. The van der Waals surface area contributed by atoms with Gasteiger partial charge in [0.15, 0.2) is 0 Å². The minimum Gasteiger partial charge on any atom is -0.379 e. The molecule has 0 atom stereocenters. The number of nitrogens with zero attached hydrogens (tertiary/aromatic N) is 5. The smallest absolute Gasteiger partial charge is 0.248 e. The number of benzene rings is 2. The van der Waals surface area contributed by atoms with E-state index in [1.54, 1.807) is 0 Å². The van der Waals surface area contributed by atoms with Crippen LogP contribution in [0.2, 0.25) is 0 Å². The fourth-order valence-corrected chi connectivity index (χ4v) is 3.47. The molecule has 1 N–H and O–H groups in total. The monoisotopic (exact) mass is 406 g/mol. The van der Waals surface area contributed by atoms with Crippen LogP contribution < -0.4 is 5.32 Å². The molecule has 1 amide bonds. The van der Waals surface area contributed by atoms with Crippen LogP contribution in [0, 0.1) is 13.8 Å². The number of hydrogen-bond donors (Lipinski definition) is 1. The topological polar surface area (TPSA) is 85.2 Å². The van der Waals surface area contributed by atoms with E-state index in [4.69, 9.17) is 4.74 Å². The number of hydrogen-bond acceptors (Lipinski definition) is 6. The summed E-state index contributed by atoms with van der Waals surface area (Å²) in [4.78, 5) is 16.0. The lowest BCUT2D eigenvalue weighted by molar-refractivity contribution is -0.117. The third kappa shape index (κ3) is 5.08. The molecule has 1 aromatic heterocycles. The molecule has 0 aliphatic carbocycles. The summed E-state index contributed by atoms with van der Waals surface area (Å²) >= 11 is 0. The van der Waals surface area contributed by atoms with Crippen molar-refractivity contribution in [1.82, 2.24) is 25.1 Å². The molecule has 0 radical (unpaired) electrons. The van der Waals surface area contributed by atoms with Gasteiger partial charge < -0.3 is 10.1 Å². The van der Waals surface area contributed by atoms with Crippen LogP contribution in [0.1, 0.15) is 16.7 Å². The Hall–Kier alpha value is -3.10. The molecule has 8 nitrogen and oxygen atoms in total. The molecular weight excluding hydrogens is 380 g/mol. The maximum atomic E-state index is 12.3. The minimum atomic E-state index is -0.188. The van der Waals surface area contributed by atoms with Crippen molar-refractivity contribution < 1.29 is 9.53 Å². The van der Waals surface area contributed by atoms with Crippen molar-refractivity contribution in [1.29, 1.82) is 0 Å². The first-order chi connectivity index (χ1) is 14.6. The number of carbonyl (C=O) groups is 1. The molecule has 0 spiro atoms. The van der Waals surface area contributed by atoms with Gasteiger partial charge in [0.05, 0.1) is 13.2 Å². The highest BCUT2D eigenvalue weighted by atomic mass is 16.5. The number of carbonyl (C=O) groups excluding carboxylic acids is 1. The number of aryl methyl sites for hydroxylation is 2. The number of amides is 1. The van der Waals surface area contributed by atoms with Crippen LogP contribution >= 0.6 is 0 Å². The Labute approximate surface area is 175 Å². The molecule has 0 unspecified atom stereocenters. The van der Waals surface area contributed by atoms with Gasteiger partial charge in [0.1, 0.15) is 6.54 Å². The first kappa shape index (κ1) is 20.2. The van der Waals surface area contributed by atoms with E-state index in [1.165, 1.54) is 10.4 Å². The van der Waals surface area contributed by atoms with Crippen LogP contribution in [0.15, 0.2) is 42.5 Å². The Morgan fingerprint density at radius 2 is 1.87 bits per heavy atom. The SMILES string of the molecule is Cc1ccc(NC(=O)Cn2nnc(-c3ccc(CN4CCOCC4)cc3)n2)c(C)c1. The number of ether oxygens (including phenoxy) is 1. The predicted molar refractivity (Wildman–Crippen MR) is 114 cm³/mol. The number of anilines is 1. The lowest BCUT2D eigenvalue weighted by Gasteiger charge is -2.26. The van der Waals surface area contributed by atoms with Crippen molar-refractivity contribution in [3.05, 3.63) is 59.2 Å². The number of tetrazole rings is 1. The third-order valence-electron chi connectivity index (χ3n) is 5.12. The molecule has 4 rings (SSSR count). The quantitative estimate of drug-likeness (QED) is 0.677. The lowest BCUT2D eigenvalue weighted by atomic mass is 10.1. The van der Waals surface area contributed by atoms with Crippen LogP contribution in [-0.4, -0.2) is 57.3 Å². The van der Waals surface area contributed by atoms with E-state index in [1.807, 2.05) is 44.2 Å². The molecule has 0 bridgehead atoms. The van der Waals surface area contributed by atoms with E-state index in [9.17, 15) is 4.79 Å². The molecule has 2 aromatic carbocycles. The minimum absolute atomic E-state index is 0.00936. The summed E-state index contributed by atoms with van der Waals surface area (Å²) in [6.07, 6.45) is 0. The highest BCUT2D eigenvalue weighted by Gasteiger charge is 2.13. The zero-order valence-corrected chi connectivity index (χ0v) is 17.3. The summed E-state index contributed by atoms with van der Waals surface area (Å²) in [6.45, 7) is 8.41. The second kappa shape index (κ2) is 9.15. The molecular formula is C22H26N6O2. The van der Waals surface area contributed by atoms with Gasteiger partial charge in [0.25, 0.3) is 0 Å². The standard InChI is InChI=1S/C22H26N6O2/c1-16-3-8-20(17(2)13-16)23-21(29)15-28-25-22(24-26-28)19-6-4-18(5-7-19)14-27-9-11-30-12-10-27/h3-8,13H,9-12,14-15H2,1-2H3,(H,23,29). The largest absolute Gasteiger partial charge is 0.379 e. The van der Waals surface area contributed by atoms with Crippen molar-refractivity contribution in [3.8, 4) is 11.4 Å². The Morgan fingerprint density at radius 3 is 2.60 bits per heavy atom. The van der Waals surface area contributed by atoms with Crippen molar-refractivity contribution in [2.75, 3.05) is 31.6 Å². The van der Waals surface area contributed by atoms with Gasteiger partial charge in [-0.15, -0.1) is 10.2 Å². The number of aromatic nitrogens is 4. The Balaban J connectivity index is 1.35. The van der Waals surface area contributed by atoms with E-state index in [0.29, 0.717) is 5.82 Å². The van der Waals surface area contributed by atoms with Gasteiger partial charge in [-0.2, -0.15) is 4.80 Å². The number of rotatable bonds is 6. The predicted octanol–water partition coefficient (Wildman–Crippen LogP) is 2.43. The Bertz CT molecular complexity index is 1010. The van der Waals surface area contributed by atoms with Crippen molar-refractivity contribution >= 4 is 11.6 Å². The normalized spacial score (nSPS) is 14.6. The molecule has 1 saturated heterocycles. The van der Waals surface area contributed by atoms with Crippen LogP contribution in [-0.2, 0) is 22.6 Å². The van der Waals surface area contributed by atoms with E-state index < -0.39 is 0 Å².